The second-order valence-electron chi connectivity index (χ2n) is 9.93. The maximum Gasteiger partial charge on any atom is 0.268 e. The van der Waals surface area contributed by atoms with Gasteiger partial charge in [-0.15, -0.1) is 11.3 Å². The largest absolute Gasteiger partial charge is 0.349 e. The Labute approximate surface area is 225 Å². The van der Waals surface area contributed by atoms with Crippen LogP contribution in [0, 0.1) is 13.8 Å². The molecule has 5 aromatic rings. The summed E-state index contributed by atoms with van der Waals surface area (Å²) < 4.78 is 3.39. The molecule has 3 heterocycles. The van der Waals surface area contributed by atoms with Crippen LogP contribution in [0.15, 0.2) is 70.8 Å². The van der Waals surface area contributed by atoms with Crippen LogP contribution in [0.2, 0.25) is 0 Å². The molecule has 1 atom stereocenters. The van der Waals surface area contributed by atoms with Crippen molar-refractivity contribution >= 4 is 22.2 Å². The van der Waals surface area contributed by atoms with Gasteiger partial charge in [-0.25, -0.2) is 9.67 Å². The van der Waals surface area contributed by atoms with Crippen molar-refractivity contribution in [1.29, 1.82) is 0 Å². The second-order valence-corrected chi connectivity index (χ2v) is 10.8. The molecule has 0 unspecified atom stereocenters. The molecule has 5 rings (SSSR count). The first kappa shape index (κ1) is 25.6. The molecule has 0 aliphatic carbocycles. The Morgan fingerprint density at radius 2 is 1.71 bits per heavy atom. The van der Waals surface area contributed by atoms with Crippen LogP contribution in [0.25, 0.3) is 21.9 Å². The summed E-state index contributed by atoms with van der Waals surface area (Å²) in [6, 6.07) is 19.9. The fourth-order valence-electron chi connectivity index (χ4n) is 4.66. The van der Waals surface area contributed by atoms with Crippen molar-refractivity contribution in [2.75, 3.05) is 0 Å². The zero-order valence-electron chi connectivity index (χ0n) is 22.2. The average molecular weight is 526 g/mol. The zero-order chi connectivity index (χ0) is 27.0. The predicted octanol–water partition coefficient (Wildman–Crippen LogP) is 5.77. The van der Waals surface area contributed by atoms with Gasteiger partial charge < -0.3 is 5.32 Å². The topological polar surface area (TPSA) is 81.3 Å². The van der Waals surface area contributed by atoms with Gasteiger partial charge in [0, 0.05) is 16.8 Å². The first-order chi connectivity index (χ1) is 18.2. The summed E-state index contributed by atoms with van der Waals surface area (Å²) >= 11 is 1.36. The van der Waals surface area contributed by atoms with E-state index in [-0.39, 0.29) is 23.9 Å². The molecule has 38 heavy (non-hydrogen) atoms. The van der Waals surface area contributed by atoms with Crippen molar-refractivity contribution in [2.45, 2.75) is 53.0 Å². The lowest BCUT2D eigenvalue weighted by Crippen LogP contribution is -2.29. The number of aryl methyl sites for hydroxylation is 2. The van der Waals surface area contributed by atoms with Gasteiger partial charge in [0.05, 0.1) is 29.4 Å². The summed E-state index contributed by atoms with van der Waals surface area (Å²) in [6.07, 6.45) is 0.0803. The Morgan fingerprint density at radius 1 is 1.00 bits per heavy atom. The van der Waals surface area contributed by atoms with Crippen LogP contribution in [-0.4, -0.2) is 25.1 Å². The van der Waals surface area contributed by atoms with Gasteiger partial charge in [0.2, 0.25) is 5.91 Å². The molecule has 0 aliphatic heterocycles. The number of hydrogen-bond acceptors (Lipinski definition) is 5. The lowest BCUT2D eigenvalue weighted by Gasteiger charge is -2.14. The molecule has 1 N–H and O–H groups in total. The van der Waals surface area contributed by atoms with Crippen LogP contribution in [0.3, 0.4) is 0 Å². The van der Waals surface area contributed by atoms with Gasteiger partial charge in [0.1, 0.15) is 5.69 Å². The monoisotopic (exact) mass is 525 g/mol. The first-order valence-corrected chi connectivity index (χ1v) is 13.6. The molecule has 194 valence electrons. The fraction of sp³-hybridized carbons (Fsp3) is 0.267. The summed E-state index contributed by atoms with van der Waals surface area (Å²) in [5, 5.41) is 9.65. The van der Waals surface area contributed by atoms with Crippen LogP contribution in [0.4, 0.5) is 0 Å². The highest BCUT2D eigenvalue weighted by atomic mass is 32.1. The highest BCUT2D eigenvalue weighted by molar-refractivity contribution is 7.15. The molecule has 0 saturated heterocycles. The minimum Gasteiger partial charge on any atom is -0.349 e. The fourth-order valence-corrected chi connectivity index (χ4v) is 5.59. The number of amides is 1. The molecule has 7 nitrogen and oxygen atoms in total. The standard InChI is InChI=1S/C30H31N5O2S/c1-18(2)22-11-13-24(14-12-22)35-19(3)15-26(33-35)28-21(5)32-30-34(29(28)37)25(17-38-30)16-27(36)31-20(4)23-9-7-6-8-10-23/h6-15,17-18,20H,16H2,1-5H3,(H,31,36)/t20-/m0/s1. The molecule has 0 bridgehead atoms. The van der Waals surface area contributed by atoms with E-state index in [1.807, 2.05) is 79.4 Å². The van der Waals surface area contributed by atoms with E-state index in [1.165, 1.54) is 16.9 Å². The highest BCUT2D eigenvalue weighted by Gasteiger charge is 2.20. The smallest absolute Gasteiger partial charge is 0.268 e. The van der Waals surface area contributed by atoms with Crippen LogP contribution in [0.5, 0.6) is 0 Å². The molecule has 3 aromatic heterocycles. The molecular weight excluding hydrogens is 494 g/mol. The van der Waals surface area contributed by atoms with Crippen molar-refractivity contribution in [1.82, 2.24) is 24.5 Å². The van der Waals surface area contributed by atoms with E-state index in [1.54, 1.807) is 4.40 Å². The lowest BCUT2D eigenvalue weighted by molar-refractivity contribution is -0.121. The molecule has 0 spiro atoms. The summed E-state index contributed by atoms with van der Waals surface area (Å²) in [5.41, 5.74) is 6.17. The summed E-state index contributed by atoms with van der Waals surface area (Å²) in [6.45, 7) is 10.1. The maximum atomic E-state index is 13.8. The molecule has 2 aromatic carbocycles. The van der Waals surface area contributed by atoms with Crippen molar-refractivity contribution in [3.05, 3.63) is 105 Å². The third-order valence-electron chi connectivity index (χ3n) is 6.79. The zero-order valence-corrected chi connectivity index (χ0v) is 23.0. The predicted molar refractivity (Wildman–Crippen MR) is 152 cm³/mol. The number of rotatable bonds is 7. The number of aromatic nitrogens is 4. The van der Waals surface area contributed by atoms with E-state index < -0.39 is 0 Å². The Kier molecular flexibility index (Phi) is 6.99. The summed E-state index contributed by atoms with van der Waals surface area (Å²) in [5.74, 6) is 0.294. The number of nitrogens with one attached hydrogen (secondary N) is 1. The summed E-state index contributed by atoms with van der Waals surface area (Å²) in [7, 11) is 0. The van der Waals surface area contributed by atoms with Gasteiger partial charge in [-0.3, -0.25) is 14.0 Å². The van der Waals surface area contributed by atoms with E-state index in [9.17, 15) is 9.59 Å². The van der Waals surface area contributed by atoms with Crippen molar-refractivity contribution in [2.24, 2.45) is 0 Å². The van der Waals surface area contributed by atoms with Gasteiger partial charge >= 0.3 is 0 Å². The van der Waals surface area contributed by atoms with E-state index in [4.69, 9.17) is 10.1 Å². The minimum atomic E-state index is -0.215. The maximum absolute atomic E-state index is 13.8. The second kappa shape index (κ2) is 10.4. The number of benzene rings is 2. The number of hydrogen-bond donors (Lipinski definition) is 1. The lowest BCUT2D eigenvalue weighted by atomic mass is 10.0. The number of carbonyl (C=O) groups excluding carboxylic acids is 1. The van der Waals surface area contributed by atoms with Gasteiger partial charge in [0.25, 0.3) is 5.56 Å². The van der Waals surface area contributed by atoms with Crippen molar-refractivity contribution < 1.29 is 4.79 Å². The van der Waals surface area contributed by atoms with Crippen LogP contribution >= 0.6 is 11.3 Å². The van der Waals surface area contributed by atoms with Crippen LogP contribution in [0.1, 0.15) is 60.9 Å². The van der Waals surface area contributed by atoms with Crippen LogP contribution in [-0.2, 0) is 11.2 Å². The molecule has 1 amide bonds. The Hall–Kier alpha value is -4.04. The van der Waals surface area contributed by atoms with Gasteiger partial charge in [0.15, 0.2) is 4.96 Å². The third kappa shape index (κ3) is 4.91. The normalized spacial score (nSPS) is 12.3. The van der Waals surface area contributed by atoms with Crippen LogP contribution < -0.4 is 10.9 Å². The van der Waals surface area contributed by atoms with Crippen molar-refractivity contribution in [3.8, 4) is 16.9 Å². The van der Waals surface area contributed by atoms with E-state index in [0.717, 1.165) is 16.9 Å². The van der Waals surface area contributed by atoms with Crippen molar-refractivity contribution in [3.63, 3.8) is 0 Å². The third-order valence-corrected chi connectivity index (χ3v) is 7.66. The molecule has 0 fully saturated rings. The minimum absolute atomic E-state index is 0.0803. The highest BCUT2D eigenvalue weighted by Crippen LogP contribution is 2.24. The van der Waals surface area contributed by atoms with Gasteiger partial charge in [-0.2, -0.15) is 5.10 Å². The first-order valence-electron chi connectivity index (χ1n) is 12.7. The Balaban J connectivity index is 1.46. The van der Waals surface area contributed by atoms with E-state index in [0.29, 0.717) is 33.5 Å². The number of carbonyl (C=O) groups is 1. The average Bonchev–Trinajstić information content (AvgIpc) is 3.47. The quantitative estimate of drug-likeness (QED) is 0.293. The number of nitrogens with zero attached hydrogens (tertiary/aromatic N) is 4. The summed E-state index contributed by atoms with van der Waals surface area (Å²) in [4.78, 5) is 31.9. The van der Waals surface area contributed by atoms with E-state index >= 15 is 0 Å². The molecule has 0 radical (unpaired) electrons. The SMILES string of the molecule is Cc1nc2scc(CC(=O)N[C@@H](C)c3ccccc3)n2c(=O)c1-c1cc(C)n(-c2ccc(C(C)C)cc2)n1. The number of fused-ring (bicyclic) bond motifs is 1. The van der Waals surface area contributed by atoms with Gasteiger partial charge in [-0.05, 0) is 56.0 Å². The van der Waals surface area contributed by atoms with Gasteiger partial charge in [-0.1, -0.05) is 56.3 Å². The Bertz CT molecular complexity index is 1660. The molecule has 0 aliphatic rings. The molecule has 8 heteroatoms. The molecular formula is C30H31N5O2S. The number of thiazole rings is 1. The molecule has 0 saturated carbocycles. The Morgan fingerprint density at radius 3 is 2.39 bits per heavy atom. The van der Waals surface area contributed by atoms with E-state index in [2.05, 4.69) is 31.3 Å².